The van der Waals surface area contributed by atoms with Crippen LogP contribution in [0.1, 0.15) is 27.3 Å². The van der Waals surface area contributed by atoms with Crippen LogP contribution < -0.4 is 5.32 Å². The van der Waals surface area contributed by atoms with Crippen LogP contribution in [0.5, 0.6) is 0 Å². The fourth-order valence-corrected chi connectivity index (χ4v) is 3.21. The zero-order valence-corrected chi connectivity index (χ0v) is 13.3. The maximum absolute atomic E-state index is 13.8. The summed E-state index contributed by atoms with van der Waals surface area (Å²) < 4.78 is 41.5. The minimum Gasteiger partial charge on any atom is -0.481 e. The molecule has 2 aromatic rings. The third-order valence-corrected chi connectivity index (χ3v) is 4.27. The molecule has 1 amide bonds. The Hall–Kier alpha value is -2.77. The summed E-state index contributed by atoms with van der Waals surface area (Å²) in [5, 5.41) is 11.5. The summed E-state index contributed by atoms with van der Waals surface area (Å²) in [7, 11) is 0. The molecule has 0 aliphatic carbocycles. The number of hydrogen-bond acceptors (Lipinski definition) is 2. The molecule has 2 heterocycles. The second-order valence-corrected chi connectivity index (χ2v) is 5.96. The molecule has 0 radical (unpaired) electrons. The lowest BCUT2D eigenvalue weighted by molar-refractivity contribution is -0.136. The average Bonchev–Trinajstić information content (AvgIpc) is 2.99. The number of alkyl halides is 1. The molecule has 1 aliphatic rings. The number of nitrogens with zero attached hydrogens (tertiary/aromatic N) is 1. The summed E-state index contributed by atoms with van der Waals surface area (Å²) in [5.74, 6) is -3.85. The summed E-state index contributed by atoms with van der Waals surface area (Å²) in [6.07, 6.45) is -1.47. The zero-order valence-electron chi connectivity index (χ0n) is 13.3. The van der Waals surface area contributed by atoms with Gasteiger partial charge in [-0.3, -0.25) is 9.59 Å². The van der Waals surface area contributed by atoms with E-state index in [9.17, 15) is 22.8 Å². The lowest BCUT2D eigenvalue weighted by Gasteiger charge is -2.10. The van der Waals surface area contributed by atoms with Gasteiger partial charge in [0.25, 0.3) is 5.91 Å². The van der Waals surface area contributed by atoms with Crippen LogP contribution >= 0.6 is 0 Å². The molecule has 132 valence electrons. The van der Waals surface area contributed by atoms with Crippen molar-refractivity contribution in [2.45, 2.75) is 32.5 Å². The SMILES string of the molecule is Cc1c(CC(=O)O)c2n(c1C(=O)Nc1ccc(F)c(F)c1)C[C@H](F)C2. The van der Waals surface area contributed by atoms with Crippen molar-refractivity contribution in [3.8, 4) is 0 Å². The van der Waals surface area contributed by atoms with Gasteiger partial charge in [-0.25, -0.2) is 13.2 Å². The number of fused-ring (bicyclic) bond motifs is 1. The standard InChI is InChI=1S/C17H15F3N2O3/c1-8-11(6-15(23)24)14-4-9(18)7-22(14)16(8)17(25)21-10-2-3-12(19)13(20)5-10/h2-3,5,9H,4,6-7H2,1H3,(H,21,25)(H,23,24)/t9-/m1/s1. The second-order valence-electron chi connectivity index (χ2n) is 5.96. The number of nitrogens with one attached hydrogen (secondary N) is 1. The van der Waals surface area contributed by atoms with E-state index in [1.807, 2.05) is 0 Å². The number of rotatable bonds is 4. The highest BCUT2D eigenvalue weighted by atomic mass is 19.2. The van der Waals surface area contributed by atoms with Gasteiger partial charge < -0.3 is 15.0 Å². The van der Waals surface area contributed by atoms with E-state index < -0.39 is 29.7 Å². The highest BCUT2D eigenvalue weighted by Gasteiger charge is 2.32. The normalized spacial score (nSPS) is 15.9. The number of carbonyl (C=O) groups excluding carboxylic acids is 1. The molecule has 0 bridgehead atoms. The van der Waals surface area contributed by atoms with Crippen LogP contribution in [-0.2, 0) is 24.2 Å². The Balaban J connectivity index is 1.97. The van der Waals surface area contributed by atoms with Crippen LogP contribution in [-0.4, -0.2) is 27.7 Å². The quantitative estimate of drug-likeness (QED) is 0.889. The monoisotopic (exact) mass is 352 g/mol. The topological polar surface area (TPSA) is 71.3 Å². The zero-order chi connectivity index (χ0) is 18.3. The lowest BCUT2D eigenvalue weighted by Crippen LogP contribution is -2.19. The first kappa shape index (κ1) is 17.1. The highest BCUT2D eigenvalue weighted by Crippen LogP contribution is 2.31. The van der Waals surface area contributed by atoms with Gasteiger partial charge >= 0.3 is 5.97 Å². The molecule has 0 saturated heterocycles. The largest absolute Gasteiger partial charge is 0.481 e. The summed E-state index contributed by atoms with van der Waals surface area (Å²) in [5.41, 5.74) is 1.54. The number of halogens is 3. The van der Waals surface area contributed by atoms with E-state index in [4.69, 9.17) is 5.11 Å². The molecule has 2 N–H and O–H groups in total. The van der Waals surface area contributed by atoms with Gasteiger partial charge in [-0.05, 0) is 30.2 Å². The van der Waals surface area contributed by atoms with Crippen molar-refractivity contribution >= 4 is 17.6 Å². The number of hydrogen-bond donors (Lipinski definition) is 2. The van der Waals surface area contributed by atoms with Gasteiger partial charge in [0.2, 0.25) is 0 Å². The van der Waals surface area contributed by atoms with Crippen LogP contribution in [0.2, 0.25) is 0 Å². The van der Waals surface area contributed by atoms with E-state index in [1.54, 1.807) is 6.92 Å². The van der Waals surface area contributed by atoms with Crippen LogP contribution in [0.25, 0.3) is 0 Å². The van der Waals surface area contributed by atoms with Crippen LogP contribution in [0.4, 0.5) is 18.9 Å². The molecule has 0 saturated carbocycles. The minimum absolute atomic E-state index is 0.0436. The molecule has 0 unspecified atom stereocenters. The highest BCUT2D eigenvalue weighted by molar-refractivity contribution is 6.05. The molecule has 1 aromatic carbocycles. The van der Waals surface area contributed by atoms with Crippen molar-refractivity contribution in [2.75, 3.05) is 5.32 Å². The molecular weight excluding hydrogens is 337 g/mol. The minimum atomic E-state index is -1.20. The Labute approximate surface area is 141 Å². The average molecular weight is 352 g/mol. The van der Waals surface area contributed by atoms with Crippen molar-refractivity contribution in [3.05, 3.63) is 52.3 Å². The smallest absolute Gasteiger partial charge is 0.307 e. The number of aliphatic carboxylic acids is 1. The number of aromatic nitrogens is 1. The maximum atomic E-state index is 13.8. The van der Waals surface area contributed by atoms with Gasteiger partial charge in [0.15, 0.2) is 11.6 Å². The summed E-state index contributed by atoms with van der Waals surface area (Å²) in [6, 6.07) is 2.93. The van der Waals surface area contributed by atoms with Gasteiger partial charge in [0.1, 0.15) is 11.9 Å². The number of carboxylic acid groups (broad SMARTS) is 1. The summed E-state index contributed by atoms with van der Waals surface area (Å²) >= 11 is 0. The lowest BCUT2D eigenvalue weighted by atomic mass is 10.0. The molecule has 0 fully saturated rings. The number of carbonyl (C=O) groups is 2. The first-order valence-electron chi connectivity index (χ1n) is 7.61. The Morgan fingerprint density at radius 3 is 2.68 bits per heavy atom. The third kappa shape index (κ3) is 3.11. The molecular formula is C17H15F3N2O3. The Bertz CT molecular complexity index is 877. The van der Waals surface area contributed by atoms with Crippen molar-refractivity contribution in [1.29, 1.82) is 0 Å². The van der Waals surface area contributed by atoms with Gasteiger partial charge in [0.05, 0.1) is 13.0 Å². The van der Waals surface area contributed by atoms with Crippen molar-refractivity contribution in [2.24, 2.45) is 0 Å². The molecule has 8 heteroatoms. The van der Waals surface area contributed by atoms with E-state index in [-0.39, 0.29) is 30.8 Å². The predicted molar refractivity (Wildman–Crippen MR) is 83.4 cm³/mol. The van der Waals surface area contributed by atoms with E-state index in [0.29, 0.717) is 16.8 Å². The molecule has 5 nitrogen and oxygen atoms in total. The molecule has 25 heavy (non-hydrogen) atoms. The van der Waals surface area contributed by atoms with Crippen LogP contribution in [0.15, 0.2) is 18.2 Å². The first-order valence-corrected chi connectivity index (χ1v) is 7.61. The molecule has 1 aliphatic heterocycles. The molecule has 3 rings (SSSR count). The number of carboxylic acids is 1. The van der Waals surface area contributed by atoms with Gasteiger partial charge in [-0.1, -0.05) is 0 Å². The van der Waals surface area contributed by atoms with Crippen LogP contribution in [0.3, 0.4) is 0 Å². The fraction of sp³-hybridized carbons (Fsp3) is 0.294. The Morgan fingerprint density at radius 2 is 2.04 bits per heavy atom. The molecule has 1 atom stereocenters. The van der Waals surface area contributed by atoms with Crippen molar-refractivity contribution in [3.63, 3.8) is 0 Å². The predicted octanol–water partition coefficient (Wildman–Crippen LogP) is 2.85. The fourth-order valence-electron chi connectivity index (χ4n) is 3.21. The summed E-state index contributed by atoms with van der Waals surface area (Å²) in [6.45, 7) is 1.55. The summed E-state index contributed by atoms with van der Waals surface area (Å²) in [4.78, 5) is 23.6. The molecule has 1 aromatic heterocycles. The number of benzene rings is 1. The van der Waals surface area contributed by atoms with E-state index in [1.165, 1.54) is 10.6 Å². The van der Waals surface area contributed by atoms with Gasteiger partial charge in [-0.2, -0.15) is 0 Å². The third-order valence-electron chi connectivity index (χ3n) is 4.27. The van der Waals surface area contributed by atoms with E-state index in [2.05, 4.69) is 5.32 Å². The van der Waals surface area contributed by atoms with Crippen LogP contribution in [0, 0.1) is 18.6 Å². The van der Waals surface area contributed by atoms with E-state index in [0.717, 1.165) is 12.1 Å². The van der Waals surface area contributed by atoms with Crippen molar-refractivity contribution < 1.29 is 27.9 Å². The molecule has 0 spiro atoms. The maximum Gasteiger partial charge on any atom is 0.307 e. The van der Waals surface area contributed by atoms with E-state index >= 15 is 0 Å². The number of anilines is 1. The Kier molecular flexibility index (Phi) is 4.28. The Morgan fingerprint density at radius 1 is 1.32 bits per heavy atom. The van der Waals surface area contributed by atoms with Crippen molar-refractivity contribution in [1.82, 2.24) is 4.57 Å². The first-order chi connectivity index (χ1) is 11.8. The van der Waals surface area contributed by atoms with Gasteiger partial charge in [0, 0.05) is 23.9 Å². The number of amides is 1. The van der Waals surface area contributed by atoms with Gasteiger partial charge in [-0.15, -0.1) is 0 Å². The second kappa shape index (κ2) is 6.27.